The van der Waals surface area contributed by atoms with Crippen molar-refractivity contribution < 1.29 is 4.79 Å². The van der Waals surface area contributed by atoms with E-state index in [9.17, 15) is 4.79 Å². The van der Waals surface area contributed by atoms with Gasteiger partial charge in [-0.25, -0.2) is 0 Å². The molecule has 0 saturated heterocycles. The van der Waals surface area contributed by atoms with Crippen molar-refractivity contribution >= 4 is 5.91 Å². The zero-order chi connectivity index (χ0) is 13.1. The molecule has 0 radical (unpaired) electrons. The number of amides is 1. The van der Waals surface area contributed by atoms with Crippen molar-refractivity contribution in [2.45, 2.75) is 64.8 Å². The van der Waals surface area contributed by atoms with E-state index in [1.807, 2.05) is 14.1 Å². The Kier molecular flexibility index (Phi) is 10.2. The minimum absolute atomic E-state index is 0.229. The first kappa shape index (κ1) is 16.4. The molecule has 1 N–H and O–H groups in total. The van der Waals surface area contributed by atoms with Gasteiger partial charge in [0.05, 0.1) is 0 Å². The normalized spacial score (nSPS) is 12.5. The number of nitrogens with zero attached hydrogens (tertiary/aromatic N) is 1. The van der Waals surface area contributed by atoms with E-state index in [0.717, 1.165) is 13.0 Å². The van der Waals surface area contributed by atoms with Crippen molar-refractivity contribution in [3.63, 3.8) is 0 Å². The predicted octanol–water partition coefficient (Wildman–Crippen LogP) is 2.80. The number of carbonyl (C=O) groups excluding carboxylic acids is 1. The van der Waals surface area contributed by atoms with Gasteiger partial charge in [0.25, 0.3) is 0 Å². The lowest BCUT2D eigenvalue weighted by Crippen LogP contribution is -2.31. The molecule has 1 amide bonds. The van der Waals surface area contributed by atoms with E-state index in [1.165, 1.54) is 32.1 Å². The fourth-order valence-electron chi connectivity index (χ4n) is 1.92. The largest absolute Gasteiger partial charge is 0.349 e. The summed E-state index contributed by atoms with van der Waals surface area (Å²) in [6.45, 7) is 5.43. The first-order chi connectivity index (χ1) is 8.11. The smallest absolute Gasteiger partial charge is 0.222 e. The predicted molar refractivity (Wildman–Crippen MR) is 74.2 cm³/mol. The average molecular weight is 242 g/mol. The Morgan fingerprint density at radius 2 is 1.82 bits per heavy atom. The highest BCUT2D eigenvalue weighted by Crippen LogP contribution is 2.07. The first-order valence-electron chi connectivity index (χ1n) is 7.05. The summed E-state index contributed by atoms with van der Waals surface area (Å²) in [7, 11) is 3.63. The highest BCUT2D eigenvalue weighted by atomic mass is 16.2. The van der Waals surface area contributed by atoms with E-state index in [1.54, 1.807) is 4.90 Å². The van der Waals surface area contributed by atoms with Crippen LogP contribution in [0.1, 0.15) is 58.8 Å². The lowest BCUT2D eigenvalue weighted by molar-refractivity contribution is -0.128. The number of hydrogen-bond acceptors (Lipinski definition) is 2. The van der Waals surface area contributed by atoms with Crippen LogP contribution in [0.5, 0.6) is 0 Å². The summed E-state index contributed by atoms with van der Waals surface area (Å²) in [5.74, 6) is 0.229. The SMILES string of the molecule is CCCCC(CCC)NCCCC(=O)N(C)C. The minimum Gasteiger partial charge on any atom is -0.349 e. The van der Waals surface area contributed by atoms with Gasteiger partial charge in [0, 0.05) is 26.6 Å². The van der Waals surface area contributed by atoms with Crippen LogP contribution in [-0.4, -0.2) is 37.5 Å². The maximum absolute atomic E-state index is 11.4. The second-order valence-corrected chi connectivity index (χ2v) is 4.97. The number of rotatable bonds is 10. The van der Waals surface area contributed by atoms with Crippen molar-refractivity contribution in [1.82, 2.24) is 10.2 Å². The summed E-state index contributed by atoms with van der Waals surface area (Å²) < 4.78 is 0. The van der Waals surface area contributed by atoms with Crippen LogP contribution in [0.4, 0.5) is 0 Å². The Morgan fingerprint density at radius 3 is 2.35 bits per heavy atom. The van der Waals surface area contributed by atoms with Gasteiger partial charge in [-0.05, 0) is 25.8 Å². The zero-order valence-corrected chi connectivity index (χ0v) is 12.1. The maximum atomic E-state index is 11.4. The van der Waals surface area contributed by atoms with E-state index in [0.29, 0.717) is 12.5 Å². The highest BCUT2D eigenvalue weighted by molar-refractivity contribution is 5.75. The average Bonchev–Trinajstić information content (AvgIpc) is 2.30. The second kappa shape index (κ2) is 10.6. The van der Waals surface area contributed by atoms with Crippen LogP contribution in [0.15, 0.2) is 0 Å². The van der Waals surface area contributed by atoms with Crippen LogP contribution in [0, 0.1) is 0 Å². The molecule has 0 aromatic carbocycles. The second-order valence-electron chi connectivity index (χ2n) is 4.97. The molecule has 102 valence electrons. The number of hydrogen-bond donors (Lipinski definition) is 1. The van der Waals surface area contributed by atoms with Crippen LogP contribution in [-0.2, 0) is 4.79 Å². The van der Waals surface area contributed by atoms with Gasteiger partial charge in [0.15, 0.2) is 0 Å². The number of carbonyl (C=O) groups is 1. The standard InChI is InChI=1S/C14H30N2O/c1-5-7-10-13(9-6-2)15-12-8-11-14(17)16(3)4/h13,15H,5-12H2,1-4H3. The van der Waals surface area contributed by atoms with E-state index in [2.05, 4.69) is 19.2 Å². The summed E-state index contributed by atoms with van der Waals surface area (Å²) in [6.07, 6.45) is 7.93. The summed E-state index contributed by atoms with van der Waals surface area (Å²) >= 11 is 0. The molecule has 1 unspecified atom stereocenters. The molecule has 3 nitrogen and oxygen atoms in total. The van der Waals surface area contributed by atoms with Crippen molar-refractivity contribution in [2.24, 2.45) is 0 Å². The molecule has 0 aliphatic heterocycles. The summed E-state index contributed by atoms with van der Waals surface area (Å²) in [6, 6.07) is 0.648. The molecule has 0 aliphatic rings. The van der Waals surface area contributed by atoms with E-state index < -0.39 is 0 Å². The van der Waals surface area contributed by atoms with Gasteiger partial charge in [-0.2, -0.15) is 0 Å². The fraction of sp³-hybridized carbons (Fsp3) is 0.929. The monoisotopic (exact) mass is 242 g/mol. The Bertz CT molecular complexity index is 193. The first-order valence-corrected chi connectivity index (χ1v) is 7.05. The molecule has 0 rings (SSSR count). The summed E-state index contributed by atoms with van der Waals surface area (Å²) in [4.78, 5) is 13.1. The van der Waals surface area contributed by atoms with Crippen LogP contribution < -0.4 is 5.32 Å². The quantitative estimate of drug-likeness (QED) is 0.597. The van der Waals surface area contributed by atoms with Crippen molar-refractivity contribution in [3.8, 4) is 0 Å². The molecule has 3 heteroatoms. The van der Waals surface area contributed by atoms with Crippen LogP contribution in [0.3, 0.4) is 0 Å². The third-order valence-corrected chi connectivity index (χ3v) is 3.04. The third-order valence-electron chi connectivity index (χ3n) is 3.04. The number of unbranched alkanes of at least 4 members (excludes halogenated alkanes) is 1. The van der Waals surface area contributed by atoms with E-state index >= 15 is 0 Å². The van der Waals surface area contributed by atoms with Crippen LogP contribution >= 0.6 is 0 Å². The molecular formula is C14H30N2O. The molecule has 0 aliphatic carbocycles. The molecule has 0 fully saturated rings. The Balaban J connectivity index is 3.63. The molecule has 0 aromatic rings. The van der Waals surface area contributed by atoms with Crippen LogP contribution in [0.25, 0.3) is 0 Å². The lowest BCUT2D eigenvalue weighted by atomic mass is 10.1. The zero-order valence-electron chi connectivity index (χ0n) is 12.1. The van der Waals surface area contributed by atoms with Crippen LogP contribution in [0.2, 0.25) is 0 Å². The molecule has 0 aromatic heterocycles. The van der Waals surface area contributed by atoms with Gasteiger partial charge >= 0.3 is 0 Å². The van der Waals surface area contributed by atoms with Crippen molar-refractivity contribution in [2.75, 3.05) is 20.6 Å². The molecule has 1 atom stereocenters. The highest BCUT2D eigenvalue weighted by Gasteiger charge is 2.07. The number of nitrogens with one attached hydrogen (secondary N) is 1. The van der Waals surface area contributed by atoms with Crippen molar-refractivity contribution in [3.05, 3.63) is 0 Å². The molecular weight excluding hydrogens is 212 g/mol. The summed E-state index contributed by atoms with van der Waals surface area (Å²) in [5.41, 5.74) is 0. The van der Waals surface area contributed by atoms with Gasteiger partial charge in [-0.3, -0.25) is 4.79 Å². The molecule has 0 saturated carbocycles. The third kappa shape index (κ3) is 9.16. The van der Waals surface area contributed by atoms with Gasteiger partial charge < -0.3 is 10.2 Å². The minimum atomic E-state index is 0.229. The Labute approximate surface area is 107 Å². The van der Waals surface area contributed by atoms with Gasteiger partial charge in [-0.1, -0.05) is 33.1 Å². The van der Waals surface area contributed by atoms with Gasteiger partial charge in [0.2, 0.25) is 5.91 Å². The topological polar surface area (TPSA) is 32.3 Å². The van der Waals surface area contributed by atoms with E-state index in [4.69, 9.17) is 0 Å². The Morgan fingerprint density at radius 1 is 1.12 bits per heavy atom. The molecule has 0 bridgehead atoms. The van der Waals surface area contributed by atoms with Crippen molar-refractivity contribution in [1.29, 1.82) is 0 Å². The molecule has 0 heterocycles. The maximum Gasteiger partial charge on any atom is 0.222 e. The molecule has 17 heavy (non-hydrogen) atoms. The Hall–Kier alpha value is -0.570. The lowest BCUT2D eigenvalue weighted by Gasteiger charge is -2.18. The molecule has 0 spiro atoms. The van der Waals surface area contributed by atoms with Gasteiger partial charge in [-0.15, -0.1) is 0 Å². The fourth-order valence-corrected chi connectivity index (χ4v) is 1.92. The van der Waals surface area contributed by atoms with Gasteiger partial charge in [0.1, 0.15) is 0 Å². The van der Waals surface area contributed by atoms with E-state index in [-0.39, 0.29) is 5.91 Å². The summed E-state index contributed by atoms with van der Waals surface area (Å²) in [5, 5.41) is 3.58.